The van der Waals surface area contributed by atoms with E-state index in [9.17, 15) is 0 Å². The highest BCUT2D eigenvalue weighted by atomic mass is 14.9. The van der Waals surface area contributed by atoms with E-state index in [0.29, 0.717) is 6.04 Å². The van der Waals surface area contributed by atoms with Crippen molar-refractivity contribution < 1.29 is 0 Å². The molecule has 1 aromatic carbocycles. The molecule has 2 unspecified atom stereocenters. The van der Waals surface area contributed by atoms with E-state index in [4.69, 9.17) is 0 Å². The maximum atomic E-state index is 3.61. The van der Waals surface area contributed by atoms with Gasteiger partial charge in [0.15, 0.2) is 0 Å². The molecule has 1 aromatic rings. The topological polar surface area (TPSA) is 12.0 Å². The Kier molecular flexibility index (Phi) is 3.42. The van der Waals surface area contributed by atoms with Gasteiger partial charge in [0.2, 0.25) is 0 Å². The molecular formula is C14H21N. The number of fused-ring (bicyclic) bond motifs is 1. The first kappa shape index (κ1) is 10.7. The lowest BCUT2D eigenvalue weighted by Crippen LogP contribution is -2.22. The molecule has 1 heteroatoms. The molecule has 0 heterocycles. The molecule has 15 heavy (non-hydrogen) atoms. The van der Waals surface area contributed by atoms with Crippen LogP contribution in [0, 0.1) is 5.92 Å². The van der Waals surface area contributed by atoms with E-state index in [0.717, 1.165) is 12.5 Å². The lowest BCUT2D eigenvalue weighted by molar-refractivity contribution is 0.415. The lowest BCUT2D eigenvalue weighted by atomic mass is 9.97. The predicted molar refractivity (Wildman–Crippen MR) is 65.0 cm³/mol. The second-order valence-corrected chi connectivity index (χ2v) is 4.69. The summed E-state index contributed by atoms with van der Waals surface area (Å²) in [4.78, 5) is 0. The van der Waals surface area contributed by atoms with Crippen molar-refractivity contribution in [2.75, 3.05) is 6.54 Å². The molecule has 0 spiro atoms. The van der Waals surface area contributed by atoms with Gasteiger partial charge in [-0.05, 0) is 42.9 Å². The van der Waals surface area contributed by atoms with Crippen molar-refractivity contribution in [2.45, 2.75) is 39.2 Å². The second-order valence-electron chi connectivity index (χ2n) is 4.69. The summed E-state index contributed by atoms with van der Waals surface area (Å²) in [5.41, 5.74) is 3.08. The van der Waals surface area contributed by atoms with Crippen LogP contribution in [-0.2, 0) is 6.42 Å². The molecule has 0 saturated heterocycles. The third kappa shape index (κ3) is 2.40. The fraction of sp³-hybridized carbons (Fsp3) is 0.571. The van der Waals surface area contributed by atoms with E-state index in [1.807, 2.05) is 0 Å². The fourth-order valence-corrected chi connectivity index (χ4v) is 2.59. The molecule has 2 atom stereocenters. The Morgan fingerprint density at radius 1 is 1.33 bits per heavy atom. The van der Waals surface area contributed by atoms with Gasteiger partial charge in [0.1, 0.15) is 0 Å². The zero-order chi connectivity index (χ0) is 10.7. The smallest absolute Gasteiger partial charge is 0.0325 e. The summed E-state index contributed by atoms with van der Waals surface area (Å²) < 4.78 is 0. The highest BCUT2D eigenvalue weighted by Crippen LogP contribution is 2.31. The number of hydrogen-bond acceptors (Lipinski definition) is 1. The molecule has 0 saturated carbocycles. The van der Waals surface area contributed by atoms with Crippen LogP contribution in [0.4, 0.5) is 0 Å². The number of benzene rings is 1. The molecule has 1 nitrogen and oxygen atoms in total. The highest BCUT2D eigenvalue weighted by Gasteiger charge is 2.20. The minimum absolute atomic E-state index is 0.573. The van der Waals surface area contributed by atoms with Gasteiger partial charge in [-0.1, -0.05) is 38.1 Å². The van der Waals surface area contributed by atoms with Gasteiger partial charge >= 0.3 is 0 Å². The Balaban J connectivity index is 2.28. The van der Waals surface area contributed by atoms with E-state index in [1.165, 1.54) is 24.8 Å². The molecule has 82 valence electrons. The monoisotopic (exact) mass is 203 g/mol. The average Bonchev–Trinajstić information content (AvgIpc) is 2.40. The molecule has 0 amide bonds. The third-order valence-corrected chi connectivity index (χ3v) is 3.43. The van der Waals surface area contributed by atoms with Crippen LogP contribution in [0.5, 0.6) is 0 Å². The highest BCUT2D eigenvalue weighted by molar-refractivity contribution is 5.31. The molecule has 0 aromatic heterocycles. The normalized spacial score (nSPS) is 25.7. The van der Waals surface area contributed by atoms with Crippen LogP contribution >= 0.6 is 0 Å². The maximum absolute atomic E-state index is 3.61. The zero-order valence-electron chi connectivity index (χ0n) is 9.79. The summed E-state index contributed by atoms with van der Waals surface area (Å²) in [6.07, 6.45) is 3.86. The average molecular weight is 203 g/mol. The first-order valence-electron chi connectivity index (χ1n) is 6.12. The van der Waals surface area contributed by atoms with Crippen LogP contribution in [0.15, 0.2) is 24.3 Å². The fourth-order valence-electron chi connectivity index (χ4n) is 2.59. The van der Waals surface area contributed by atoms with Crippen molar-refractivity contribution in [1.82, 2.24) is 5.32 Å². The van der Waals surface area contributed by atoms with Gasteiger partial charge in [-0.25, -0.2) is 0 Å². The summed E-state index contributed by atoms with van der Waals surface area (Å²) in [6, 6.07) is 9.48. The van der Waals surface area contributed by atoms with Crippen molar-refractivity contribution in [1.29, 1.82) is 0 Å². The molecule has 0 aliphatic heterocycles. The summed E-state index contributed by atoms with van der Waals surface area (Å²) in [6.45, 7) is 5.63. The molecule has 0 fully saturated rings. The Morgan fingerprint density at radius 2 is 2.13 bits per heavy atom. The number of hydrogen-bond donors (Lipinski definition) is 1. The molecule has 0 bridgehead atoms. The Morgan fingerprint density at radius 3 is 2.93 bits per heavy atom. The maximum Gasteiger partial charge on any atom is 0.0325 e. The summed E-state index contributed by atoms with van der Waals surface area (Å²) >= 11 is 0. The van der Waals surface area contributed by atoms with Crippen LogP contribution < -0.4 is 5.32 Å². The van der Waals surface area contributed by atoms with Gasteiger partial charge in [0.05, 0.1) is 0 Å². The van der Waals surface area contributed by atoms with Gasteiger partial charge in [0, 0.05) is 6.04 Å². The van der Waals surface area contributed by atoms with Gasteiger partial charge in [0.25, 0.3) is 0 Å². The first-order valence-corrected chi connectivity index (χ1v) is 6.12. The predicted octanol–water partition coefficient (Wildman–Crippen LogP) is 3.31. The minimum Gasteiger partial charge on any atom is -0.310 e. The standard InChI is InChI=1S/C14H21N/c1-3-15-14-10-11(2)8-9-12-6-4-5-7-13(12)14/h4-7,11,14-15H,3,8-10H2,1-2H3. The van der Waals surface area contributed by atoms with Crippen molar-refractivity contribution >= 4 is 0 Å². The largest absolute Gasteiger partial charge is 0.310 e. The van der Waals surface area contributed by atoms with E-state index >= 15 is 0 Å². The van der Waals surface area contributed by atoms with Gasteiger partial charge < -0.3 is 5.32 Å². The number of aryl methyl sites for hydroxylation is 1. The Bertz CT molecular complexity index is 319. The van der Waals surface area contributed by atoms with Crippen molar-refractivity contribution in [3.63, 3.8) is 0 Å². The summed E-state index contributed by atoms with van der Waals surface area (Å²) in [5.74, 6) is 0.835. The van der Waals surface area contributed by atoms with E-state index in [2.05, 4.69) is 43.4 Å². The van der Waals surface area contributed by atoms with Crippen molar-refractivity contribution in [3.8, 4) is 0 Å². The lowest BCUT2D eigenvalue weighted by Gasteiger charge is -2.20. The summed E-state index contributed by atoms with van der Waals surface area (Å²) in [7, 11) is 0. The van der Waals surface area contributed by atoms with Crippen LogP contribution in [0.2, 0.25) is 0 Å². The van der Waals surface area contributed by atoms with E-state index < -0.39 is 0 Å². The van der Waals surface area contributed by atoms with Gasteiger partial charge in [-0.2, -0.15) is 0 Å². The Hall–Kier alpha value is -0.820. The number of rotatable bonds is 2. The Labute approximate surface area is 92.9 Å². The molecule has 0 radical (unpaired) electrons. The second kappa shape index (κ2) is 4.80. The van der Waals surface area contributed by atoms with E-state index in [-0.39, 0.29) is 0 Å². The van der Waals surface area contributed by atoms with Gasteiger partial charge in [-0.3, -0.25) is 0 Å². The third-order valence-electron chi connectivity index (χ3n) is 3.43. The van der Waals surface area contributed by atoms with Crippen LogP contribution in [0.3, 0.4) is 0 Å². The molecule has 1 N–H and O–H groups in total. The van der Waals surface area contributed by atoms with Crippen LogP contribution in [0.25, 0.3) is 0 Å². The SMILES string of the molecule is CCNC1CC(C)CCc2ccccc21. The van der Waals surface area contributed by atoms with Crippen LogP contribution in [0.1, 0.15) is 43.9 Å². The van der Waals surface area contributed by atoms with Crippen molar-refractivity contribution in [3.05, 3.63) is 35.4 Å². The first-order chi connectivity index (χ1) is 7.31. The van der Waals surface area contributed by atoms with Crippen LogP contribution in [-0.4, -0.2) is 6.54 Å². The zero-order valence-corrected chi connectivity index (χ0v) is 9.79. The van der Waals surface area contributed by atoms with E-state index in [1.54, 1.807) is 5.56 Å². The minimum atomic E-state index is 0.573. The summed E-state index contributed by atoms with van der Waals surface area (Å²) in [5, 5.41) is 3.61. The molecule has 1 aliphatic rings. The van der Waals surface area contributed by atoms with Crippen molar-refractivity contribution in [2.24, 2.45) is 5.92 Å². The van der Waals surface area contributed by atoms with Gasteiger partial charge in [-0.15, -0.1) is 0 Å². The quantitative estimate of drug-likeness (QED) is 0.727. The molecule has 2 rings (SSSR count). The molecular weight excluding hydrogens is 182 g/mol. The molecule has 1 aliphatic carbocycles. The number of nitrogens with one attached hydrogen (secondary N) is 1.